The summed E-state index contributed by atoms with van der Waals surface area (Å²) < 4.78 is 2.16. The second kappa shape index (κ2) is 18.7. The summed E-state index contributed by atoms with van der Waals surface area (Å²) in [4.78, 5) is 11.3. The summed E-state index contributed by atoms with van der Waals surface area (Å²) in [5.74, 6) is 3.18. The number of nitrogens with one attached hydrogen (secondary N) is 2. The number of aliphatic hydroxyl groups excluding tert-OH is 1. The Kier molecular flexibility index (Phi) is 16.4. The van der Waals surface area contributed by atoms with Crippen molar-refractivity contribution in [1.82, 2.24) is 30.1 Å². The van der Waals surface area contributed by atoms with Crippen molar-refractivity contribution in [3.8, 4) is 12.3 Å². The second-order valence-corrected chi connectivity index (χ2v) is 9.34. The molecule has 37 heavy (non-hydrogen) atoms. The second-order valence-electron chi connectivity index (χ2n) is 9.34. The van der Waals surface area contributed by atoms with Crippen molar-refractivity contribution in [3.05, 3.63) is 59.0 Å². The molecule has 1 aliphatic carbocycles. The zero-order valence-corrected chi connectivity index (χ0v) is 24.2. The van der Waals surface area contributed by atoms with E-state index in [1.165, 1.54) is 36.9 Å². The molecule has 0 amide bonds. The highest BCUT2D eigenvalue weighted by atomic mass is 16.3. The first-order valence-corrected chi connectivity index (χ1v) is 13.6. The first-order valence-electron chi connectivity index (χ1n) is 13.6. The number of aromatic nitrogens is 3. The van der Waals surface area contributed by atoms with Crippen LogP contribution in [0.4, 0.5) is 0 Å². The molecular weight excluding hydrogens is 460 g/mol. The SMILES string of the molecule is C#CC.C/C=C\CC(NCCN(C)CC)n1c(C)nc(CNC)c1C(C)O.c1cnc2c(c1)CCCC2. The van der Waals surface area contributed by atoms with Gasteiger partial charge in [0, 0.05) is 31.5 Å². The smallest absolute Gasteiger partial charge is 0.107 e. The molecule has 2 aromatic heterocycles. The van der Waals surface area contributed by atoms with E-state index in [-0.39, 0.29) is 6.17 Å². The molecule has 0 fully saturated rings. The molecular formula is C30H50N6O. The summed E-state index contributed by atoms with van der Waals surface area (Å²) in [5.41, 5.74) is 4.61. The highest BCUT2D eigenvalue weighted by Crippen LogP contribution is 2.25. The molecule has 0 bridgehead atoms. The summed E-state index contributed by atoms with van der Waals surface area (Å²) in [6, 6.07) is 4.23. The zero-order valence-electron chi connectivity index (χ0n) is 24.2. The van der Waals surface area contributed by atoms with Gasteiger partial charge in [-0.15, -0.1) is 12.3 Å². The number of likely N-dealkylation sites (N-methyl/N-ethyl adjacent to an activating group) is 1. The number of imidazole rings is 1. The van der Waals surface area contributed by atoms with Crippen LogP contribution in [-0.2, 0) is 19.4 Å². The normalized spacial score (nSPS) is 14.2. The molecule has 2 atom stereocenters. The van der Waals surface area contributed by atoms with Gasteiger partial charge in [0.05, 0.1) is 23.7 Å². The number of aliphatic hydroxyl groups is 1. The highest BCUT2D eigenvalue weighted by molar-refractivity contribution is 5.22. The van der Waals surface area contributed by atoms with Crippen LogP contribution in [0.2, 0.25) is 0 Å². The van der Waals surface area contributed by atoms with Crippen LogP contribution in [0.15, 0.2) is 30.5 Å². The van der Waals surface area contributed by atoms with Crippen LogP contribution in [-0.4, -0.2) is 58.3 Å². The van der Waals surface area contributed by atoms with Crippen molar-refractivity contribution in [2.24, 2.45) is 0 Å². The molecule has 1 aliphatic rings. The monoisotopic (exact) mass is 510 g/mol. The Hall–Kier alpha value is -2.50. The van der Waals surface area contributed by atoms with E-state index >= 15 is 0 Å². The molecule has 0 spiro atoms. The van der Waals surface area contributed by atoms with Gasteiger partial charge in [-0.05, 0) is 92.1 Å². The van der Waals surface area contributed by atoms with Crippen molar-refractivity contribution in [2.45, 2.75) is 85.5 Å². The van der Waals surface area contributed by atoms with E-state index in [2.05, 4.69) is 74.6 Å². The first kappa shape index (κ1) is 32.5. The predicted octanol–water partition coefficient (Wildman–Crippen LogP) is 4.57. The number of aryl methyl sites for hydroxylation is 3. The fourth-order valence-electron chi connectivity index (χ4n) is 4.41. The highest BCUT2D eigenvalue weighted by Gasteiger charge is 2.23. The van der Waals surface area contributed by atoms with Gasteiger partial charge in [-0.2, -0.15) is 0 Å². The summed E-state index contributed by atoms with van der Waals surface area (Å²) in [7, 11) is 4.02. The fourth-order valence-corrected chi connectivity index (χ4v) is 4.41. The van der Waals surface area contributed by atoms with E-state index in [9.17, 15) is 5.11 Å². The Morgan fingerprint density at radius 2 is 2.03 bits per heavy atom. The Morgan fingerprint density at radius 1 is 1.32 bits per heavy atom. The van der Waals surface area contributed by atoms with Gasteiger partial charge in [0.25, 0.3) is 0 Å². The number of rotatable bonds is 11. The molecule has 0 saturated heterocycles. The molecule has 7 nitrogen and oxygen atoms in total. The number of pyridine rings is 1. The van der Waals surface area contributed by atoms with Crippen LogP contribution < -0.4 is 10.6 Å². The lowest BCUT2D eigenvalue weighted by Gasteiger charge is -2.25. The minimum absolute atomic E-state index is 0.0918. The third kappa shape index (κ3) is 11.2. The third-order valence-corrected chi connectivity index (χ3v) is 6.35. The van der Waals surface area contributed by atoms with Crippen molar-refractivity contribution in [1.29, 1.82) is 0 Å². The van der Waals surface area contributed by atoms with Gasteiger partial charge in [-0.1, -0.05) is 25.1 Å². The quantitative estimate of drug-likeness (QED) is 0.304. The van der Waals surface area contributed by atoms with Crippen LogP contribution in [0.5, 0.6) is 0 Å². The Bertz CT molecular complexity index is 934. The molecule has 0 saturated carbocycles. The minimum Gasteiger partial charge on any atom is -0.387 e. The van der Waals surface area contributed by atoms with Gasteiger partial charge < -0.3 is 19.9 Å². The topological polar surface area (TPSA) is 78.2 Å². The molecule has 3 N–H and O–H groups in total. The average Bonchev–Trinajstić information content (AvgIpc) is 3.22. The first-order chi connectivity index (χ1) is 17.8. The molecule has 2 heterocycles. The predicted molar refractivity (Wildman–Crippen MR) is 155 cm³/mol. The van der Waals surface area contributed by atoms with Crippen LogP contribution in [0.1, 0.15) is 87.7 Å². The van der Waals surface area contributed by atoms with E-state index in [4.69, 9.17) is 0 Å². The molecule has 0 radical (unpaired) electrons. The number of nitrogens with zero attached hydrogens (tertiary/aromatic N) is 4. The van der Waals surface area contributed by atoms with Crippen molar-refractivity contribution in [2.75, 3.05) is 33.7 Å². The van der Waals surface area contributed by atoms with Crippen LogP contribution in [0.3, 0.4) is 0 Å². The lowest BCUT2D eigenvalue weighted by molar-refractivity contribution is 0.181. The maximum absolute atomic E-state index is 10.3. The van der Waals surface area contributed by atoms with E-state index in [0.717, 1.165) is 43.3 Å². The molecule has 7 heteroatoms. The standard InChI is InChI=1S/C18H35N5O.C9H11N.C3H4/c1-7-9-10-17(20-11-12-22(6)8-2)23-15(4)21-16(13-19-5)18(23)14(3)24;1-2-6-9-8(4-1)5-3-7-10-9;1-3-2/h7,9,14,17,19-20,24H,8,10-13H2,1-6H3;3,5,7H,1-2,4,6H2;1H,2H3/b9-7-;;. The van der Waals surface area contributed by atoms with Gasteiger partial charge in [-0.25, -0.2) is 4.98 Å². The molecule has 2 unspecified atom stereocenters. The van der Waals surface area contributed by atoms with Crippen LogP contribution >= 0.6 is 0 Å². The Morgan fingerprint density at radius 3 is 2.62 bits per heavy atom. The Labute approximate surface area is 225 Å². The number of hydrogen-bond acceptors (Lipinski definition) is 6. The number of fused-ring (bicyclic) bond motifs is 1. The fraction of sp³-hybridized carbons (Fsp3) is 0.600. The summed E-state index contributed by atoms with van der Waals surface area (Å²) >= 11 is 0. The summed E-state index contributed by atoms with van der Waals surface area (Å²) in [6.07, 6.45) is 16.2. The zero-order chi connectivity index (χ0) is 27.6. The van der Waals surface area contributed by atoms with Gasteiger partial charge in [-0.3, -0.25) is 10.3 Å². The molecule has 2 aromatic rings. The lowest BCUT2D eigenvalue weighted by Crippen LogP contribution is -2.35. The summed E-state index contributed by atoms with van der Waals surface area (Å²) in [5, 5.41) is 17.1. The molecule has 3 rings (SSSR count). The largest absolute Gasteiger partial charge is 0.387 e. The number of hydrogen-bond donors (Lipinski definition) is 3. The van der Waals surface area contributed by atoms with Gasteiger partial charge in [0.15, 0.2) is 0 Å². The van der Waals surface area contributed by atoms with Gasteiger partial charge in [0.1, 0.15) is 5.82 Å². The van der Waals surface area contributed by atoms with Crippen molar-refractivity contribution >= 4 is 0 Å². The van der Waals surface area contributed by atoms with E-state index < -0.39 is 6.10 Å². The average molecular weight is 511 g/mol. The Balaban J connectivity index is 0.000000428. The van der Waals surface area contributed by atoms with Crippen LogP contribution in [0.25, 0.3) is 0 Å². The van der Waals surface area contributed by atoms with Crippen molar-refractivity contribution < 1.29 is 5.11 Å². The van der Waals surface area contributed by atoms with Crippen LogP contribution in [0, 0.1) is 19.3 Å². The molecule has 0 aromatic carbocycles. The number of allylic oxidation sites excluding steroid dienone is 1. The van der Waals surface area contributed by atoms with Gasteiger partial charge in [0.2, 0.25) is 0 Å². The maximum Gasteiger partial charge on any atom is 0.107 e. The molecule has 0 aliphatic heterocycles. The van der Waals surface area contributed by atoms with E-state index in [1.54, 1.807) is 6.92 Å². The number of terminal acetylenes is 1. The summed E-state index contributed by atoms with van der Waals surface area (Å²) in [6.45, 7) is 13.2. The maximum atomic E-state index is 10.3. The molecule has 206 valence electrons. The van der Waals surface area contributed by atoms with E-state index in [0.29, 0.717) is 6.54 Å². The minimum atomic E-state index is -0.553. The van der Waals surface area contributed by atoms with E-state index in [1.807, 2.05) is 40.1 Å². The lowest BCUT2D eigenvalue weighted by atomic mass is 9.96. The third-order valence-electron chi connectivity index (χ3n) is 6.35. The van der Waals surface area contributed by atoms with Crippen molar-refractivity contribution in [3.63, 3.8) is 0 Å². The van der Waals surface area contributed by atoms with Gasteiger partial charge >= 0.3 is 0 Å².